The number of carbonyl (C=O) groups is 2. The van der Waals surface area contributed by atoms with Crippen LogP contribution in [0.4, 0.5) is 20.6 Å². The Kier molecular flexibility index (Phi) is 4.31. The minimum Gasteiger partial charge on any atom is -0.616 e. The first-order valence-corrected chi connectivity index (χ1v) is 8.61. The summed E-state index contributed by atoms with van der Waals surface area (Å²) in [6.07, 6.45) is -1.75. The van der Waals surface area contributed by atoms with Gasteiger partial charge >= 0.3 is 6.09 Å². The number of nitrogens with zero attached hydrogens (tertiary/aromatic N) is 2. The largest absolute Gasteiger partial charge is 0.616 e. The van der Waals surface area contributed by atoms with Crippen molar-refractivity contribution in [2.24, 2.45) is 5.73 Å². The van der Waals surface area contributed by atoms with Crippen LogP contribution in [0.15, 0.2) is 18.2 Å². The van der Waals surface area contributed by atoms with Crippen LogP contribution in [0, 0.1) is 5.82 Å². The van der Waals surface area contributed by atoms with E-state index < -0.39 is 35.1 Å². The molecule has 23 heavy (non-hydrogen) atoms. The molecule has 0 unspecified atom stereocenters. The summed E-state index contributed by atoms with van der Waals surface area (Å²) >= 11 is -0.838. The Labute approximate surface area is 135 Å². The monoisotopic (exact) mass is 341 g/mol. The molecule has 7 nitrogen and oxygen atoms in total. The quantitative estimate of drug-likeness (QED) is 0.792. The van der Waals surface area contributed by atoms with Crippen LogP contribution in [-0.4, -0.2) is 53.8 Å². The fraction of sp³-hybridized carbons (Fsp3) is 0.429. The van der Waals surface area contributed by atoms with Gasteiger partial charge in [-0.1, -0.05) is 11.2 Å². The Morgan fingerprint density at radius 3 is 2.65 bits per heavy atom. The molecular weight excluding hydrogens is 325 g/mol. The predicted molar refractivity (Wildman–Crippen MR) is 83.3 cm³/mol. The van der Waals surface area contributed by atoms with Crippen molar-refractivity contribution in [1.82, 2.24) is 0 Å². The Hall–Kier alpha value is -2.00. The summed E-state index contributed by atoms with van der Waals surface area (Å²) in [5.74, 6) is -0.190. The average molecular weight is 341 g/mol. The van der Waals surface area contributed by atoms with Gasteiger partial charge in [0.1, 0.15) is 17.3 Å². The van der Waals surface area contributed by atoms with Crippen LogP contribution in [-0.2, 0) is 20.7 Å². The van der Waals surface area contributed by atoms with Gasteiger partial charge in [-0.2, -0.15) is 0 Å². The van der Waals surface area contributed by atoms with Gasteiger partial charge < -0.3 is 19.9 Å². The topological polar surface area (TPSA) is 98.9 Å². The lowest BCUT2D eigenvalue weighted by Crippen LogP contribution is -2.40. The molecule has 0 spiro atoms. The molecule has 0 saturated carbocycles. The van der Waals surface area contributed by atoms with Gasteiger partial charge in [0.2, 0.25) is 0 Å². The number of ether oxygens (including phenoxy) is 1. The summed E-state index contributed by atoms with van der Waals surface area (Å²) in [5.41, 5.74) is 5.83. The molecule has 0 radical (unpaired) electrons. The maximum Gasteiger partial charge on any atom is 0.415 e. The zero-order valence-electron chi connectivity index (χ0n) is 12.2. The number of primary amides is 1. The summed E-state index contributed by atoms with van der Waals surface area (Å²) < 4.78 is 30.6. The van der Waals surface area contributed by atoms with E-state index in [1.165, 1.54) is 11.0 Å². The number of carbonyl (C=O) groups excluding carboxylic acids is 2. The number of hydrogen-bond acceptors (Lipinski definition) is 5. The van der Waals surface area contributed by atoms with E-state index in [0.29, 0.717) is 36.0 Å². The molecule has 2 aliphatic rings. The Balaban J connectivity index is 1.77. The fourth-order valence-electron chi connectivity index (χ4n) is 2.62. The minimum atomic E-state index is -1.03. The van der Waals surface area contributed by atoms with Gasteiger partial charge in [-0.3, -0.25) is 9.69 Å². The molecule has 0 aliphatic carbocycles. The highest BCUT2D eigenvalue weighted by Gasteiger charge is 2.36. The van der Waals surface area contributed by atoms with Gasteiger partial charge in [0.15, 0.2) is 6.10 Å². The smallest absolute Gasteiger partial charge is 0.415 e. The second-order valence-electron chi connectivity index (χ2n) is 5.36. The van der Waals surface area contributed by atoms with E-state index in [2.05, 4.69) is 0 Å². The van der Waals surface area contributed by atoms with Crippen LogP contribution in [0.3, 0.4) is 0 Å². The van der Waals surface area contributed by atoms with Crippen molar-refractivity contribution in [3.8, 4) is 0 Å². The molecule has 2 N–H and O–H groups in total. The molecule has 124 valence electrons. The van der Waals surface area contributed by atoms with E-state index in [4.69, 9.17) is 10.5 Å². The van der Waals surface area contributed by atoms with Gasteiger partial charge in [0.05, 0.1) is 31.0 Å². The Morgan fingerprint density at radius 2 is 2.09 bits per heavy atom. The van der Waals surface area contributed by atoms with E-state index in [1.807, 2.05) is 4.90 Å². The number of anilines is 2. The number of rotatable bonds is 3. The summed E-state index contributed by atoms with van der Waals surface area (Å²) in [7, 11) is 0. The Bertz CT molecular complexity index is 636. The molecule has 1 aromatic carbocycles. The maximum atomic E-state index is 14.4. The molecule has 2 amide bonds. The highest BCUT2D eigenvalue weighted by atomic mass is 32.2. The fourth-order valence-corrected chi connectivity index (χ4v) is 3.67. The van der Waals surface area contributed by atoms with Crippen LogP contribution >= 0.6 is 0 Å². The van der Waals surface area contributed by atoms with Gasteiger partial charge in [-0.15, -0.1) is 0 Å². The zero-order valence-corrected chi connectivity index (χ0v) is 13.1. The average Bonchev–Trinajstić information content (AvgIpc) is 2.90. The third kappa shape index (κ3) is 3.20. The Morgan fingerprint density at radius 1 is 1.39 bits per heavy atom. The van der Waals surface area contributed by atoms with Gasteiger partial charge in [-0.05, 0) is 18.2 Å². The van der Waals surface area contributed by atoms with E-state index in [0.717, 1.165) is 0 Å². The van der Waals surface area contributed by atoms with Crippen molar-refractivity contribution in [3.05, 3.63) is 24.0 Å². The van der Waals surface area contributed by atoms with Crippen molar-refractivity contribution >= 4 is 34.6 Å². The van der Waals surface area contributed by atoms with E-state index in [9.17, 15) is 18.5 Å². The number of hydrogen-bond donors (Lipinski definition) is 1. The standard InChI is InChI=1S/C14H16FN3O4S/c15-10-7-9(18-8-12(13(16)19)22-14(18)20)1-2-11(10)17-3-5-23(21)6-4-17/h1-2,7,12H,3-6,8H2,(H2,16,19)/t12-/m1/s1. The van der Waals surface area contributed by atoms with Crippen molar-refractivity contribution in [3.63, 3.8) is 0 Å². The first-order valence-electron chi connectivity index (χ1n) is 7.12. The molecule has 1 atom stereocenters. The zero-order chi connectivity index (χ0) is 16.6. The molecule has 2 fully saturated rings. The number of amides is 2. The molecule has 3 rings (SSSR count). The summed E-state index contributed by atoms with van der Waals surface area (Å²) in [4.78, 5) is 25.8. The van der Waals surface area contributed by atoms with Crippen LogP contribution in [0.25, 0.3) is 0 Å². The number of halogens is 1. The second-order valence-corrected chi connectivity index (χ2v) is 7.05. The normalized spacial score (nSPS) is 22.3. The third-order valence-corrected chi connectivity index (χ3v) is 5.17. The van der Waals surface area contributed by atoms with Crippen molar-refractivity contribution < 1.29 is 23.3 Å². The minimum absolute atomic E-state index is 0.0321. The molecule has 2 saturated heterocycles. The van der Waals surface area contributed by atoms with Gasteiger partial charge in [0, 0.05) is 0 Å². The van der Waals surface area contributed by atoms with Crippen LogP contribution in [0.2, 0.25) is 0 Å². The summed E-state index contributed by atoms with van der Waals surface area (Å²) in [6, 6.07) is 4.39. The van der Waals surface area contributed by atoms with Crippen molar-refractivity contribution in [1.29, 1.82) is 0 Å². The maximum absolute atomic E-state index is 14.4. The van der Waals surface area contributed by atoms with Crippen molar-refractivity contribution in [2.75, 3.05) is 40.9 Å². The second kappa shape index (κ2) is 6.25. The number of cyclic esters (lactones) is 1. The predicted octanol–water partition coefficient (Wildman–Crippen LogP) is 0.205. The lowest BCUT2D eigenvalue weighted by atomic mass is 10.2. The molecule has 9 heteroatoms. The SMILES string of the molecule is NC(=O)[C@H]1CN(c2ccc(N3CC[S+]([O-])CC3)c(F)c2)C(=O)O1. The van der Waals surface area contributed by atoms with E-state index in [-0.39, 0.29) is 6.54 Å². The summed E-state index contributed by atoms with van der Waals surface area (Å²) in [5, 5.41) is 0. The van der Waals surface area contributed by atoms with Gasteiger partial charge in [0.25, 0.3) is 5.91 Å². The number of benzene rings is 1. The lowest BCUT2D eigenvalue weighted by Gasteiger charge is -2.30. The van der Waals surface area contributed by atoms with Crippen molar-refractivity contribution in [2.45, 2.75) is 6.10 Å². The highest BCUT2D eigenvalue weighted by Crippen LogP contribution is 2.28. The molecule has 2 aliphatic heterocycles. The van der Waals surface area contributed by atoms with E-state index >= 15 is 0 Å². The number of nitrogens with two attached hydrogens (primary N) is 1. The molecule has 0 bridgehead atoms. The van der Waals surface area contributed by atoms with Crippen LogP contribution in [0.5, 0.6) is 0 Å². The summed E-state index contributed by atoms with van der Waals surface area (Å²) in [6.45, 7) is 1.02. The first-order chi connectivity index (χ1) is 11.0. The van der Waals surface area contributed by atoms with Crippen LogP contribution in [0.1, 0.15) is 0 Å². The third-order valence-electron chi connectivity index (χ3n) is 3.89. The first kappa shape index (κ1) is 15.9. The van der Waals surface area contributed by atoms with Crippen LogP contribution < -0.4 is 15.5 Å². The molecule has 2 heterocycles. The van der Waals surface area contributed by atoms with E-state index in [1.54, 1.807) is 12.1 Å². The highest BCUT2D eigenvalue weighted by molar-refractivity contribution is 7.91. The molecule has 1 aromatic rings. The lowest BCUT2D eigenvalue weighted by molar-refractivity contribution is -0.124. The van der Waals surface area contributed by atoms with Gasteiger partial charge in [-0.25, -0.2) is 9.18 Å². The molecule has 0 aromatic heterocycles. The molecular formula is C14H16FN3O4S.